The summed E-state index contributed by atoms with van der Waals surface area (Å²) in [5.74, 6) is -1.50. The Morgan fingerprint density at radius 3 is 2.25 bits per heavy atom. The van der Waals surface area contributed by atoms with Gasteiger partial charge in [0.1, 0.15) is 0 Å². The lowest BCUT2D eigenvalue weighted by molar-refractivity contribution is -0.162. The van der Waals surface area contributed by atoms with Crippen molar-refractivity contribution in [2.45, 2.75) is 25.3 Å². The van der Waals surface area contributed by atoms with Crippen LogP contribution in [-0.2, 0) is 30.0 Å². The third kappa shape index (κ3) is 7.38. The number of para-hydroxylation sites is 1. The highest BCUT2D eigenvalue weighted by Gasteiger charge is 2.32. The van der Waals surface area contributed by atoms with Crippen LogP contribution >= 0.6 is 0 Å². The van der Waals surface area contributed by atoms with Crippen LogP contribution in [-0.4, -0.2) is 50.6 Å². The van der Waals surface area contributed by atoms with Gasteiger partial charge in [0.2, 0.25) is 6.10 Å². The number of esters is 1. The maximum absolute atomic E-state index is 12.7. The van der Waals surface area contributed by atoms with E-state index in [1.165, 1.54) is 12.1 Å². The van der Waals surface area contributed by atoms with Crippen molar-refractivity contribution in [3.63, 3.8) is 0 Å². The number of ether oxygens (including phenoxy) is 2. The fourth-order valence-electron chi connectivity index (χ4n) is 2.74. The fraction of sp³-hybridized carbons (Fsp3) is 0.318. The Balaban J connectivity index is 1.98. The van der Waals surface area contributed by atoms with E-state index in [-0.39, 0.29) is 13.2 Å². The molecule has 0 spiro atoms. The van der Waals surface area contributed by atoms with Gasteiger partial charge in [0.15, 0.2) is 12.4 Å². The van der Waals surface area contributed by atoms with E-state index in [0.717, 1.165) is 19.1 Å². The molecule has 0 aromatic heterocycles. The van der Waals surface area contributed by atoms with Crippen LogP contribution in [0.15, 0.2) is 54.6 Å². The Kier molecular flexibility index (Phi) is 8.77. The molecule has 0 fully saturated rings. The van der Waals surface area contributed by atoms with E-state index >= 15 is 0 Å². The summed E-state index contributed by atoms with van der Waals surface area (Å²) in [5, 5.41) is 2.55. The van der Waals surface area contributed by atoms with Gasteiger partial charge >= 0.3 is 12.1 Å². The van der Waals surface area contributed by atoms with Crippen LogP contribution in [0.3, 0.4) is 0 Å². The molecule has 2 unspecified atom stereocenters. The van der Waals surface area contributed by atoms with Gasteiger partial charge in [-0.1, -0.05) is 18.2 Å². The molecule has 2 aromatic carbocycles. The van der Waals surface area contributed by atoms with Crippen molar-refractivity contribution in [3.8, 4) is 0 Å². The zero-order chi connectivity index (χ0) is 23.7. The summed E-state index contributed by atoms with van der Waals surface area (Å²) < 4.78 is 48.5. The lowest BCUT2D eigenvalue weighted by atomic mass is 10.2. The fourth-order valence-corrected chi connectivity index (χ4v) is 2.74. The summed E-state index contributed by atoms with van der Waals surface area (Å²) >= 11 is 0. The highest BCUT2D eigenvalue weighted by molar-refractivity contribution is 5.97. The van der Waals surface area contributed by atoms with Crippen LogP contribution < -0.4 is 10.2 Å². The first-order chi connectivity index (χ1) is 15.1. The second-order valence-electron chi connectivity index (χ2n) is 6.82. The van der Waals surface area contributed by atoms with Crippen LogP contribution in [0.1, 0.15) is 12.5 Å². The van der Waals surface area contributed by atoms with Crippen molar-refractivity contribution >= 4 is 29.5 Å². The molecule has 1 N–H and O–H groups in total. The smallest absolute Gasteiger partial charge is 0.416 e. The molecule has 0 aliphatic heterocycles. The first-order valence-corrected chi connectivity index (χ1v) is 9.60. The Morgan fingerprint density at radius 2 is 1.72 bits per heavy atom. The van der Waals surface area contributed by atoms with E-state index in [1.807, 2.05) is 0 Å². The lowest BCUT2D eigenvalue weighted by Gasteiger charge is -2.24. The molecule has 0 aliphatic carbocycles. The minimum Gasteiger partial charge on any atom is -0.449 e. The zero-order valence-electron chi connectivity index (χ0n) is 17.5. The molecule has 7 nitrogen and oxygen atoms in total. The van der Waals surface area contributed by atoms with Gasteiger partial charge in [-0.25, -0.2) is 0 Å². The molecular formula is C22H23F3N2O5. The second kappa shape index (κ2) is 11.3. The molecule has 172 valence electrons. The molecule has 1 amide bonds. The number of nitrogens with one attached hydrogen (secondary N) is 1. The molecule has 0 radical (unpaired) electrons. The van der Waals surface area contributed by atoms with Gasteiger partial charge in [-0.3, -0.25) is 9.59 Å². The summed E-state index contributed by atoms with van der Waals surface area (Å²) in [6.07, 6.45) is -6.95. The number of halogens is 3. The third-order valence-electron chi connectivity index (χ3n) is 4.40. The predicted molar refractivity (Wildman–Crippen MR) is 111 cm³/mol. The van der Waals surface area contributed by atoms with Crippen LogP contribution in [0, 0.1) is 0 Å². The van der Waals surface area contributed by atoms with Crippen molar-refractivity contribution in [1.29, 1.82) is 0 Å². The molecule has 0 aliphatic rings. The van der Waals surface area contributed by atoms with Gasteiger partial charge in [-0.05, 0) is 36.4 Å². The highest BCUT2D eigenvalue weighted by Crippen LogP contribution is 2.30. The average molecular weight is 452 g/mol. The topological polar surface area (TPSA) is 84.9 Å². The molecule has 32 heavy (non-hydrogen) atoms. The second-order valence-corrected chi connectivity index (χ2v) is 6.82. The SMILES string of the molecule is CC(=O)OC(C(=O)Nc1ccccc1)C(C=O)OCCN(C)c1ccc(C(F)(F)F)cc1. The quantitative estimate of drug-likeness (QED) is 0.440. The number of likely N-dealkylation sites (N-methyl/N-ethyl adjacent to an activating group) is 1. The van der Waals surface area contributed by atoms with Gasteiger partial charge in [0, 0.05) is 31.9 Å². The number of aldehydes is 1. The van der Waals surface area contributed by atoms with E-state index in [4.69, 9.17) is 9.47 Å². The highest BCUT2D eigenvalue weighted by atomic mass is 19.4. The molecule has 2 rings (SSSR count). The minimum absolute atomic E-state index is 0.0582. The Morgan fingerprint density at radius 1 is 1.09 bits per heavy atom. The molecule has 0 saturated carbocycles. The number of benzene rings is 2. The maximum atomic E-state index is 12.7. The van der Waals surface area contributed by atoms with Crippen LogP contribution in [0.2, 0.25) is 0 Å². The van der Waals surface area contributed by atoms with Gasteiger partial charge < -0.3 is 24.5 Å². The van der Waals surface area contributed by atoms with Crippen molar-refractivity contribution in [2.75, 3.05) is 30.4 Å². The molecule has 2 atom stereocenters. The maximum Gasteiger partial charge on any atom is 0.416 e. The first kappa shape index (κ1) is 24.9. The number of nitrogens with zero attached hydrogens (tertiary/aromatic N) is 1. The largest absolute Gasteiger partial charge is 0.449 e. The van der Waals surface area contributed by atoms with Gasteiger partial charge in [-0.2, -0.15) is 13.2 Å². The monoisotopic (exact) mass is 452 g/mol. The first-order valence-electron chi connectivity index (χ1n) is 9.60. The number of amides is 1. The van der Waals surface area contributed by atoms with Crippen molar-refractivity contribution < 1.29 is 37.0 Å². The number of carbonyl (C=O) groups excluding carboxylic acids is 3. The summed E-state index contributed by atoms with van der Waals surface area (Å²) in [5.41, 5.74) is 0.185. The summed E-state index contributed by atoms with van der Waals surface area (Å²) in [7, 11) is 1.63. The summed E-state index contributed by atoms with van der Waals surface area (Å²) in [4.78, 5) is 37.1. The molecule has 0 heterocycles. The molecule has 10 heteroatoms. The number of carbonyl (C=O) groups is 3. The average Bonchev–Trinajstić information content (AvgIpc) is 2.75. The Labute approximate surface area is 183 Å². The summed E-state index contributed by atoms with van der Waals surface area (Å²) in [6.45, 7) is 1.24. The number of alkyl halides is 3. The number of anilines is 2. The molecular weight excluding hydrogens is 429 g/mol. The summed E-state index contributed by atoms with van der Waals surface area (Å²) in [6, 6.07) is 12.9. The van der Waals surface area contributed by atoms with E-state index in [2.05, 4.69) is 5.32 Å². The number of hydrogen-bond donors (Lipinski definition) is 1. The Hall–Kier alpha value is -3.40. The van der Waals surface area contributed by atoms with E-state index in [9.17, 15) is 27.6 Å². The zero-order valence-corrected chi connectivity index (χ0v) is 17.5. The van der Waals surface area contributed by atoms with Crippen LogP contribution in [0.25, 0.3) is 0 Å². The lowest BCUT2D eigenvalue weighted by Crippen LogP contribution is -2.44. The third-order valence-corrected chi connectivity index (χ3v) is 4.40. The van der Waals surface area contributed by atoms with Gasteiger partial charge in [0.05, 0.1) is 12.2 Å². The molecule has 2 aromatic rings. The van der Waals surface area contributed by atoms with E-state index in [1.54, 1.807) is 42.3 Å². The van der Waals surface area contributed by atoms with E-state index in [0.29, 0.717) is 17.7 Å². The molecule has 0 saturated heterocycles. The predicted octanol–water partition coefficient (Wildman–Crippen LogP) is 3.30. The molecule has 0 bridgehead atoms. The van der Waals surface area contributed by atoms with Gasteiger partial charge in [-0.15, -0.1) is 0 Å². The number of rotatable bonds is 10. The van der Waals surface area contributed by atoms with Crippen LogP contribution in [0.5, 0.6) is 0 Å². The van der Waals surface area contributed by atoms with Crippen molar-refractivity contribution in [2.24, 2.45) is 0 Å². The van der Waals surface area contributed by atoms with Crippen LogP contribution in [0.4, 0.5) is 24.5 Å². The standard InChI is InChI=1S/C22H23F3N2O5/c1-15(29)32-20(21(30)26-17-6-4-3-5-7-17)19(14-28)31-13-12-27(2)18-10-8-16(9-11-18)22(23,24)25/h3-11,14,19-20H,12-13H2,1-2H3,(H,26,30). The minimum atomic E-state index is -4.43. The Bertz CT molecular complexity index is 904. The number of hydrogen-bond acceptors (Lipinski definition) is 6. The van der Waals surface area contributed by atoms with Crippen molar-refractivity contribution in [3.05, 3.63) is 60.2 Å². The normalized spacial score (nSPS) is 13.0. The van der Waals surface area contributed by atoms with Crippen molar-refractivity contribution in [1.82, 2.24) is 0 Å². The van der Waals surface area contributed by atoms with Gasteiger partial charge in [0.25, 0.3) is 5.91 Å². The van der Waals surface area contributed by atoms with E-state index < -0.39 is 35.8 Å².